The molecule has 0 N–H and O–H groups in total. The fourth-order valence-electron chi connectivity index (χ4n) is 1.41. The van der Waals surface area contributed by atoms with Crippen molar-refractivity contribution in [2.45, 2.75) is 26.2 Å². The maximum atomic E-state index is 12.4. The Labute approximate surface area is 99.6 Å². The number of hydrogen-bond acceptors (Lipinski definition) is 2. The largest absolute Gasteiger partial charge is 0.299 e. The van der Waals surface area contributed by atoms with Crippen LogP contribution in [0.4, 0.5) is 8.78 Å². The predicted molar refractivity (Wildman–Crippen MR) is 59.7 cm³/mol. The molecule has 2 rings (SSSR count). The average Bonchev–Trinajstić information content (AvgIpc) is 2.61. The molecule has 16 heavy (non-hydrogen) atoms. The third kappa shape index (κ3) is 1.93. The van der Waals surface area contributed by atoms with E-state index in [-0.39, 0.29) is 0 Å². The van der Waals surface area contributed by atoms with Crippen LogP contribution >= 0.6 is 15.9 Å². The first-order valence-corrected chi connectivity index (χ1v) is 5.62. The van der Waals surface area contributed by atoms with E-state index in [9.17, 15) is 8.78 Å². The minimum absolute atomic E-state index is 0.313. The van der Waals surface area contributed by atoms with E-state index in [0.29, 0.717) is 16.2 Å². The number of alkyl halides is 2. The van der Waals surface area contributed by atoms with E-state index >= 15 is 0 Å². The molecule has 0 saturated carbocycles. The van der Waals surface area contributed by atoms with Gasteiger partial charge in [0.1, 0.15) is 4.60 Å². The Morgan fingerprint density at radius 3 is 2.56 bits per heavy atom. The van der Waals surface area contributed by atoms with Crippen molar-refractivity contribution in [1.82, 2.24) is 14.6 Å². The molecular formula is C10H10BrF2N3. The Hall–Kier alpha value is -1.04. The van der Waals surface area contributed by atoms with Crippen LogP contribution in [0.15, 0.2) is 16.7 Å². The summed E-state index contributed by atoms with van der Waals surface area (Å²) in [6.45, 7) is 4.06. The van der Waals surface area contributed by atoms with Crippen LogP contribution in [0.1, 0.15) is 37.6 Å². The van der Waals surface area contributed by atoms with Crippen LogP contribution in [0.25, 0.3) is 5.65 Å². The number of pyridine rings is 1. The summed E-state index contributed by atoms with van der Waals surface area (Å²) < 4.78 is 26.9. The van der Waals surface area contributed by atoms with E-state index in [4.69, 9.17) is 0 Å². The van der Waals surface area contributed by atoms with Crippen molar-refractivity contribution in [2.75, 3.05) is 0 Å². The zero-order valence-corrected chi connectivity index (χ0v) is 10.4. The molecule has 2 heterocycles. The number of fused-ring (bicyclic) bond motifs is 1. The first-order chi connectivity index (χ1) is 7.49. The fraction of sp³-hybridized carbons (Fsp3) is 0.400. The maximum absolute atomic E-state index is 12.4. The van der Waals surface area contributed by atoms with Gasteiger partial charge in [-0.1, -0.05) is 13.8 Å². The molecule has 0 bridgehead atoms. The standard InChI is InChI=1S/C10H10BrF2N3/c1-5(2)6-3-7(11)16-8(4-6)14-10(15-16)9(12)13/h3-5,9H,1-2H3. The van der Waals surface area contributed by atoms with Crippen molar-refractivity contribution in [3.63, 3.8) is 0 Å². The molecule has 0 fully saturated rings. The second-order valence-corrected chi connectivity index (χ2v) is 4.62. The molecule has 0 aliphatic carbocycles. The lowest BCUT2D eigenvalue weighted by atomic mass is 10.1. The third-order valence-electron chi connectivity index (χ3n) is 2.29. The quantitative estimate of drug-likeness (QED) is 0.792. The summed E-state index contributed by atoms with van der Waals surface area (Å²) in [5, 5.41) is 3.72. The molecule has 0 radical (unpaired) electrons. The van der Waals surface area contributed by atoms with E-state index < -0.39 is 12.2 Å². The maximum Gasteiger partial charge on any atom is 0.299 e. The fourth-order valence-corrected chi connectivity index (χ4v) is 1.93. The molecule has 0 saturated heterocycles. The van der Waals surface area contributed by atoms with Gasteiger partial charge in [0, 0.05) is 0 Å². The van der Waals surface area contributed by atoms with Crippen LogP contribution < -0.4 is 0 Å². The van der Waals surface area contributed by atoms with Gasteiger partial charge < -0.3 is 0 Å². The van der Waals surface area contributed by atoms with Crippen molar-refractivity contribution in [1.29, 1.82) is 0 Å². The number of hydrogen-bond donors (Lipinski definition) is 0. The van der Waals surface area contributed by atoms with Gasteiger partial charge in [0.25, 0.3) is 6.43 Å². The van der Waals surface area contributed by atoms with Gasteiger partial charge in [-0.25, -0.2) is 18.3 Å². The lowest BCUT2D eigenvalue weighted by molar-refractivity contribution is 0.140. The monoisotopic (exact) mass is 289 g/mol. The van der Waals surface area contributed by atoms with Crippen molar-refractivity contribution >= 4 is 21.6 Å². The van der Waals surface area contributed by atoms with E-state index in [1.807, 2.05) is 19.9 Å². The molecular weight excluding hydrogens is 280 g/mol. The van der Waals surface area contributed by atoms with Crippen LogP contribution in [0.5, 0.6) is 0 Å². The molecule has 0 atom stereocenters. The van der Waals surface area contributed by atoms with E-state index in [1.54, 1.807) is 6.07 Å². The van der Waals surface area contributed by atoms with Gasteiger partial charge >= 0.3 is 0 Å². The van der Waals surface area contributed by atoms with Gasteiger partial charge in [0.05, 0.1) is 0 Å². The summed E-state index contributed by atoms with van der Waals surface area (Å²) in [5.41, 5.74) is 1.47. The molecule has 6 heteroatoms. The molecule has 0 unspecified atom stereocenters. The second kappa shape index (κ2) is 4.08. The van der Waals surface area contributed by atoms with Crippen molar-refractivity contribution in [3.05, 3.63) is 28.1 Å². The molecule has 3 nitrogen and oxygen atoms in total. The Balaban J connectivity index is 2.63. The highest BCUT2D eigenvalue weighted by Gasteiger charge is 2.16. The molecule has 2 aromatic rings. The molecule has 2 aromatic heterocycles. The highest BCUT2D eigenvalue weighted by atomic mass is 79.9. The van der Waals surface area contributed by atoms with E-state index in [1.165, 1.54) is 4.52 Å². The van der Waals surface area contributed by atoms with Crippen LogP contribution in [0.3, 0.4) is 0 Å². The number of halogens is 3. The molecule has 0 aromatic carbocycles. The lowest BCUT2D eigenvalue weighted by Gasteiger charge is -2.06. The van der Waals surface area contributed by atoms with Gasteiger partial charge in [-0.05, 0) is 39.5 Å². The van der Waals surface area contributed by atoms with Crippen molar-refractivity contribution in [2.24, 2.45) is 0 Å². The van der Waals surface area contributed by atoms with E-state index in [0.717, 1.165) is 5.56 Å². The third-order valence-corrected chi connectivity index (χ3v) is 2.86. The summed E-state index contributed by atoms with van der Waals surface area (Å²) in [6, 6.07) is 3.63. The van der Waals surface area contributed by atoms with Gasteiger partial charge in [-0.15, -0.1) is 5.10 Å². The Morgan fingerprint density at radius 1 is 1.31 bits per heavy atom. The molecule has 0 spiro atoms. The first kappa shape index (κ1) is 11.4. The van der Waals surface area contributed by atoms with Gasteiger partial charge in [0.2, 0.25) is 5.82 Å². The summed E-state index contributed by atoms with van der Waals surface area (Å²) in [7, 11) is 0. The zero-order chi connectivity index (χ0) is 11.9. The topological polar surface area (TPSA) is 30.2 Å². The Kier molecular flexibility index (Phi) is 2.92. The van der Waals surface area contributed by atoms with Gasteiger partial charge in [0.15, 0.2) is 5.65 Å². The summed E-state index contributed by atoms with van der Waals surface area (Å²) in [4.78, 5) is 3.79. The number of nitrogens with zero attached hydrogens (tertiary/aromatic N) is 3. The highest BCUT2D eigenvalue weighted by Crippen LogP contribution is 2.23. The highest BCUT2D eigenvalue weighted by molar-refractivity contribution is 9.10. The lowest BCUT2D eigenvalue weighted by Crippen LogP contribution is -1.95. The summed E-state index contributed by atoms with van der Waals surface area (Å²) in [6.07, 6.45) is -2.64. The first-order valence-electron chi connectivity index (χ1n) is 4.83. The summed E-state index contributed by atoms with van der Waals surface area (Å²) in [5.74, 6) is -0.130. The number of rotatable bonds is 2. The Morgan fingerprint density at radius 2 is 2.00 bits per heavy atom. The SMILES string of the molecule is CC(C)c1cc(Br)n2nc(C(F)F)nc2c1. The zero-order valence-electron chi connectivity index (χ0n) is 8.78. The minimum atomic E-state index is -2.64. The summed E-state index contributed by atoms with van der Waals surface area (Å²) >= 11 is 3.29. The minimum Gasteiger partial charge on any atom is -0.206 e. The van der Waals surface area contributed by atoms with Crippen LogP contribution in [-0.4, -0.2) is 14.6 Å². The second-order valence-electron chi connectivity index (χ2n) is 3.81. The normalized spacial score (nSPS) is 11.9. The predicted octanol–water partition coefficient (Wildman–Crippen LogP) is 3.55. The van der Waals surface area contributed by atoms with Crippen LogP contribution in [0, 0.1) is 0 Å². The molecule has 86 valence electrons. The Bertz CT molecular complexity index is 522. The van der Waals surface area contributed by atoms with Crippen LogP contribution in [0.2, 0.25) is 0 Å². The average molecular weight is 290 g/mol. The van der Waals surface area contributed by atoms with Crippen LogP contribution in [-0.2, 0) is 0 Å². The number of aromatic nitrogens is 3. The van der Waals surface area contributed by atoms with Crippen molar-refractivity contribution < 1.29 is 8.78 Å². The molecule has 0 amide bonds. The molecule has 0 aliphatic heterocycles. The van der Waals surface area contributed by atoms with Crippen molar-refractivity contribution in [3.8, 4) is 0 Å². The smallest absolute Gasteiger partial charge is 0.206 e. The molecule has 0 aliphatic rings. The van der Waals surface area contributed by atoms with Gasteiger partial charge in [-0.2, -0.15) is 0 Å². The van der Waals surface area contributed by atoms with Gasteiger partial charge in [-0.3, -0.25) is 0 Å². The van der Waals surface area contributed by atoms with E-state index in [2.05, 4.69) is 26.0 Å².